The molecule has 0 aromatic rings. The van der Waals surface area contributed by atoms with E-state index in [0.29, 0.717) is 43.0 Å². The summed E-state index contributed by atoms with van der Waals surface area (Å²) in [7, 11) is -4.66. The zero-order valence-electron chi connectivity index (χ0n) is 18.7. The number of phosphoric ester groups is 1. The molecule has 0 aromatic heterocycles. The second kappa shape index (κ2) is 12.2. The molecule has 3 fully saturated rings. The van der Waals surface area contributed by atoms with Crippen LogP contribution in [0.1, 0.15) is 71.1 Å². The van der Waals surface area contributed by atoms with Crippen molar-refractivity contribution in [1.82, 2.24) is 0 Å². The van der Waals surface area contributed by atoms with Crippen LogP contribution in [-0.4, -0.2) is 76.8 Å². The van der Waals surface area contributed by atoms with Crippen molar-refractivity contribution in [3.63, 3.8) is 0 Å². The number of aliphatic hydroxyl groups is 1. The Morgan fingerprint density at radius 2 is 1.47 bits per heavy atom. The van der Waals surface area contributed by atoms with E-state index in [0.717, 1.165) is 51.4 Å². The summed E-state index contributed by atoms with van der Waals surface area (Å²) in [5.41, 5.74) is 0. The Morgan fingerprint density at radius 1 is 0.906 bits per heavy atom. The van der Waals surface area contributed by atoms with Gasteiger partial charge in [-0.15, -0.1) is 0 Å². The summed E-state index contributed by atoms with van der Waals surface area (Å²) < 4.78 is 37.0. The fraction of sp³-hybridized carbons (Fsp3) is 0.952. The minimum absolute atomic E-state index is 0.202. The van der Waals surface area contributed by atoms with E-state index < -0.39 is 33.1 Å². The summed E-state index contributed by atoms with van der Waals surface area (Å²) in [4.78, 5) is 29.0. The van der Waals surface area contributed by atoms with Gasteiger partial charge in [0.05, 0.1) is 49.8 Å². The SMILES string of the molecule is CCC1OC1CC1OC1CC1OC1CCCCCCCC(=O)OC(CO)COP(=O)(O)O. The van der Waals surface area contributed by atoms with Gasteiger partial charge in [-0.05, 0) is 19.3 Å². The highest BCUT2D eigenvalue weighted by Gasteiger charge is 2.51. The van der Waals surface area contributed by atoms with Crippen molar-refractivity contribution in [2.45, 2.75) is 114 Å². The van der Waals surface area contributed by atoms with Gasteiger partial charge in [-0.1, -0.05) is 32.6 Å². The van der Waals surface area contributed by atoms with Crippen molar-refractivity contribution in [3.05, 3.63) is 0 Å². The molecule has 3 rings (SSSR count). The Hall–Kier alpha value is -0.580. The van der Waals surface area contributed by atoms with Crippen LogP contribution in [0.2, 0.25) is 0 Å². The molecule has 10 nitrogen and oxygen atoms in total. The van der Waals surface area contributed by atoms with Crippen LogP contribution >= 0.6 is 7.82 Å². The van der Waals surface area contributed by atoms with Gasteiger partial charge in [0.15, 0.2) is 0 Å². The van der Waals surface area contributed by atoms with Gasteiger partial charge in [0.25, 0.3) is 0 Å². The second-order valence-electron chi connectivity index (χ2n) is 8.91. The van der Waals surface area contributed by atoms with Crippen molar-refractivity contribution in [3.8, 4) is 0 Å². The zero-order chi connectivity index (χ0) is 23.1. The molecule has 0 bridgehead atoms. The number of aliphatic hydroxyl groups excluding tert-OH is 1. The quantitative estimate of drug-likeness (QED) is 0.115. The van der Waals surface area contributed by atoms with Gasteiger partial charge in [-0.3, -0.25) is 9.32 Å². The van der Waals surface area contributed by atoms with Crippen molar-refractivity contribution >= 4 is 13.8 Å². The molecule has 3 N–H and O–H groups in total. The van der Waals surface area contributed by atoms with Gasteiger partial charge in [-0.2, -0.15) is 0 Å². The van der Waals surface area contributed by atoms with Crippen molar-refractivity contribution in [2.24, 2.45) is 0 Å². The molecule has 0 spiro atoms. The molecular weight excluding hydrogens is 443 g/mol. The molecule has 7 unspecified atom stereocenters. The highest BCUT2D eigenvalue weighted by molar-refractivity contribution is 7.46. The van der Waals surface area contributed by atoms with Gasteiger partial charge >= 0.3 is 13.8 Å². The largest absolute Gasteiger partial charge is 0.469 e. The van der Waals surface area contributed by atoms with E-state index in [9.17, 15) is 9.36 Å². The minimum atomic E-state index is -4.66. The van der Waals surface area contributed by atoms with E-state index in [-0.39, 0.29) is 6.42 Å². The first-order chi connectivity index (χ1) is 15.3. The van der Waals surface area contributed by atoms with Gasteiger partial charge in [0.1, 0.15) is 6.10 Å². The van der Waals surface area contributed by atoms with Crippen molar-refractivity contribution < 1.29 is 47.7 Å². The van der Waals surface area contributed by atoms with Crippen LogP contribution in [0.15, 0.2) is 0 Å². The van der Waals surface area contributed by atoms with Gasteiger partial charge in [0.2, 0.25) is 0 Å². The molecule has 3 heterocycles. The molecule has 11 heteroatoms. The van der Waals surface area contributed by atoms with E-state index in [1.807, 2.05) is 0 Å². The maximum absolute atomic E-state index is 11.8. The lowest BCUT2D eigenvalue weighted by Crippen LogP contribution is -2.26. The van der Waals surface area contributed by atoms with Crippen LogP contribution in [0.3, 0.4) is 0 Å². The normalized spacial score (nSPS) is 31.9. The first kappa shape index (κ1) is 26.0. The van der Waals surface area contributed by atoms with E-state index in [2.05, 4.69) is 11.4 Å². The number of unbranched alkanes of at least 4 members (excludes halogenated alkanes) is 4. The first-order valence-corrected chi connectivity index (χ1v) is 13.3. The zero-order valence-corrected chi connectivity index (χ0v) is 19.6. The molecule has 0 amide bonds. The predicted molar refractivity (Wildman–Crippen MR) is 113 cm³/mol. The minimum Gasteiger partial charge on any atom is -0.457 e. The number of esters is 1. The Kier molecular flexibility index (Phi) is 9.94. The average Bonchev–Trinajstić information content (AvgIpc) is 3.65. The summed E-state index contributed by atoms with van der Waals surface area (Å²) in [5, 5.41) is 9.10. The topological polar surface area (TPSA) is 151 Å². The lowest BCUT2D eigenvalue weighted by Gasteiger charge is -2.15. The summed E-state index contributed by atoms with van der Waals surface area (Å²) in [6, 6.07) is 0. The number of carbonyl (C=O) groups is 1. The van der Waals surface area contributed by atoms with Crippen LogP contribution in [0.25, 0.3) is 0 Å². The van der Waals surface area contributed by atoms with E-state index in [1.165, 1.54) is 0 Å². The number of phosphoric acid groups is 1. The van der Waals surface area contributed by atoms with Crippen LogP contribution in [0.4, 0.5) is 0 Å². The Labute approximate surface area is 189 Å². The van der Waals surface area contributed by atoms with Crippen molar-refractivity contribution in [2.75, 3.05) is 13.2 Å². The second-order valence-corrected chi connectivity index (χ2v) is 10.1. The summed E-state index contributed by atoms with van der Waals surface area (Å²) in [5.74, 6) is -0.508. The molecule has 0 aliphatic carbocycles. The number of carbonyl (C=O) groups excluding carboxylic acids is 1. The summed E-state index contributed by atoms with van der Waals surface area (Å²) in [6.45, 7) is 1.05. The third kappa shape index (κ3) is 9.73. The molecule has 3 aliphatic rings. The summed E-state index contributed by atoms with van der Waals surface area (Å²) in [6.07, 6.45) is 10.3. The smallest absolute Gasteiger partial charge is 0.457 e. The van der Waals surface area contributed by atoms with Gasteiger partial charge < -0.3 is 33.8 Å². The fourth-order valence-corrected chi connectivity index (χ4v) is 4.49. The van der Waals surface area contributed by atoms with Crippen LogP contribution < -0.4 is 0 Å². The standard InChI is InChI=1S/C21H37O10P/c1-2-15-17(29-15)10-19-20(31-19)11-18-16(30-18)8-6-4-3-5-7-9-21(23)28-14(12-22)13-27-32(24,25)26/h14-20,22H,2-13H2,1H3,(H2,24,25,26). The average molecular weight is 480 g/mol. The number of hydrogen-bond donors (Lipinski definition) is 3. The first-order valence-electron chi connectivity index (χ1n) is 11.8. The molecule has 3 saturated heterocycles. The molecule has 0 radical (unpaired) electrons. The van der Waals surface area contributed by atoms with Crippen LogP contribution in [0.5, 0.6) is 0 Å². The third-order valence-corrected chi connectivity index (χ3v) is 6.68. The molecule has 7 atom stereocenters. The van der Waals surface area contributed by atoms with E-state index in [1.54, 1.807) is 0 Å². The molecule has 186 valence electrons. The lowest BCUT2D eigenvalue weighted by molar-refractivity contribution is -0.153. The summed E-state index contributed by atoms with van der Waals surface area (Å²) >= 11 is 0. The Morgan fingerprint density at radius 3 is 2.09 bits per heavy atom. The Balaban J connectivity index is 1.11. The number of rotatable bonds is 18. The van der Waals surface area contributed by atoms with Crippen LogP contribution in [-0.2, 0) is 32.8 Å². The number of epoxide rings is 3. The monoisotopic (exact) mass is 480 g/mol. The van der Waals surface area contributed by atoms with E-state index >= 15 is 0 Å². The van der Waals surface area contributed by atoms with Gasteiger partial charge in [0, 0.05) is 19.3 Å². The predicted octanol–water partition coefficient (Wildman–Crippen LogP) is 2.22. The van der Waals surface area contributed by atoms with Gasteiger partial charge in [-0.25, -0.2) is 4.57 Å². The molecular formula is C21H37O10P. The van der Waals surface area contributed by atoms with Crippen LogP contribution in [0, 0.1) is 0 Å². The fourth-order valence-electron chi connectivity index (χ4n) is 4.13. The molecule has 0 saturated carbocycles. The molecule has 3 aliphatic heterocycles. The maximum Gasteiger partial charge on any atom is 0.469 e. The molecule has 0 aromatic carbocycles. The number of hydrogen-bond acceptors (Lipinski definition) is 8. The highest BCUT2D eigenvalue weighted by atomic mass is 31.2. The third-order valence-electron chi connectivity index (χ3n) is 6.19. The van der Waals surface area contributed by atoms with Crippen molar-refractivity contribution in [1.29, 1.82) is 0 Å². The van der Waals surface area contributed by atoms with E-state index in [4.69, 9.17) is 33.8 Å². The Bertz CT molecular complexity index is 640. The number of ether oxygens (including phenoxy) is 4. The lowest BCUT2D eigenvalue weighted by atomic mass is 10.0. The maximum atomic E-state index is 11.8. The highest BCUT2D eigenvalue weighted by Crippen LogP contribution is 2.42. The molecule has 32 heavy (non-hydrogen) atoms.